The Morgan fingerprint density at radius 3 is 2.67 bits per heavy atom. The quantitative estimate of drug-likeness (QED) is 0.360. The molecule has 176 valence electrons. The third kappa shape index (κ3) is 6.73. The molecule has 1 aliphatic heterocycles. The summed E-state index contributed by atoms with van der Waals surface area (Å²) >= 11 is 13.5. The minimum Gasteiger partial charge on any atom is -0.369 e. The third-order valence-electron chi connectivity index (χ3n) is 5.75. The average molecular weight is 509 g/mol. The van der Waals surface area contributed by atoms with E-state index in [9.17, 15) is 9.18 Å². The first-order valence-corrected chi connectivity index (χ1v) is 12.8. The molecule has 0 spiro atoms. The maximum atomic E-state index is 13.5. The summed E-state index contributed by atoms with van der Waals surface area (Å²) in [4.78, 5) is 17.0. The SMILES string of the molecule is O=C(NCCCCN1CCCN(c2csc3cc(F)ccc23)CC1)Nc1cc(Cl)cc(Cl)c1. The van der Waals surface area contributed by atoms with E-state index in [2.05, 4.69) is 25.8 Å². The van der Waals surface area contributed by atoms with Crippen molar-refractivity contribution in [3.05, 3.63) is 57.6 Å². The summed E-state index contributed by atoms with van der Waals surface area (Å²) in [5.41, 5.74) is 1.79. The molecule has 1 aliphatic rings. The van der Waals surface area contributed by atoms with Crippen LogP contribution in [0.25, 0.3) is 10.1 Å². The topological polar surface area (TPSA) is 47.6 Å². The molecule has 0 radical (unpaired) electrons. The van der Waals surface area contributed by atoms with E-state index in [-0.39, 0.29) is 11.8 Å². The number of urea groups is 1. The summed E-state index contributed by atoms with van der Waals surface area (Å²) < 4.78 is 14.5. The van der Waals surface area contributed by atoms with Crippen molar-refractivity contribution in [2.24, 2.45) is 0 Å². The van der Waals surface area contributed by atoms with Gasteiger partial charge in [0.25, 0.3) is 0 Å². The molecule has 9 heteroatoms. The summed E-state index contributed by atoms with van der Waals surface area (Å²) in [6.45, 7) is 5.66. The van der Waals surface area contributed by atoms with E-state index in [1.54, 1.807) is 41.7 Å². The van der Waals surface area contributed by atoms with Crippen molar-refractivity contribution in [2.75, 3.05) is 49.5 Å². The number of anilines is 2. The summed E-state index contributed by atoms with van der Waals surface area (Å²) in [7, 11) is 0. The number of thiophene rings is 1. The Morgan fingerprint density at radius 1 is 1.03 bits per heavy atom. The Bertz CT molecular complexity index is 1090. The molecule has 2 amide bonds. The minimum absolute atomic E-state index is 0.182. The van der Waals surface area contributed by atoms with Crippen LogP contribution < -0.4 is 15.5 Å². The summed E-state index contributed by atoms with van der Waals surface area (Å²) in [5, 5.41) is 9.88. The van der Waals surface area contributed by atoms with Crippen LogP contribution in [0.5, 0.6) is 0 Å². The van der Waals surface area contributed by atoms with Gasteiger partial charge in [-0.25, -0.2) is 9.18 Å². The lowest BCUT2D eigenvalue weighted by molar-refractivity contribution is 0.251. The largest absolute Gasteiger partial charge is 0.369 e. The van der Waals surface area contributed by atoms with Crippen molar-refractivity contribution in [3.63, 3.8) is 0 Å². The van der Waals surface area contributed by atoms with Gasteiger partial charge >= 0.3 is 6.03 Å². The van der Waals surface area contributed by atoms with Gasteiger partial charge in [-0.15, -0.1) is 11.3 Å². The highest BCUT2D eigenvalue weighted by Gasteiger charge is 2.18. The van der Waals surface area contributed by atoms with Crippen molar-refractivity contribution in [2.45, 2.75) is 19.3 Å². The highest BCUT2D eigenvalue weighted by molar-refractivity contribution is 7.17. The average Bonchev–Trinajstić information content (AvgIpc) is 3.02. The van der Waals surface area contributed by atoms with Crippen LogP contribution in [0, 0.1) is 5.82 Å². The number of carbonyl (C=O) groups excluding carboxylic acids is 1. The first-order chi connectivity index (χ1) is 16.0. The number of benzene rings is 2. The molecule has 1 saturated heterocycles. The number of amides is 2. The van der Waals surface area contributed by atoms with Crippen molar-refractivity contribution in [3.8, 4) is 0 Å². The molecule has 2 aromatic carbocycles. The Balaban J connectivity index is 1.17. The van der Waals surface area contributed by atoms with E-state index in [1.807, 2.05) is 6.07 Å². The minimum atomic E-state index is -0.262. The number of carbonyl (C=O) groups is 1. The second-order valence-corrected chi connectivity index (χ2v) is 9.97. The van der Waals surface area contributed by atoms with Crippen molar-refractivity contribution >= 4 is 62.0 Å². The lowest BCUT2D eigenvalue weighted by atomic mass is 10.2. The molecule has 0 unspecified atom stereocenters. The molecule has 0 saturated carbocycles. The highest BCUT2D eigenvalue weighted by Crippen LogP contribution is 2.34. The highest BCUT2D eigenvalue weighted by atomic mass is 35.5. The van der Waals surface area contributed by atoms with Gasteiger partial charge in [-0.3, -0.25) is 0 Å². The Kier molecular flexibility index (Phi) is 8.30. The van der Waals surface area contributed by atoms with E-state index in [1.165, 1.54) is 5.69 Å². The standard InChI is InChI=1S/C24H27Cl2FN4OS/c25-17-12-18(26)14-20(13-17)29-24(32)28-6-1-2-7-30-8-3-9-31(11-10-30)22-16-33-23-15-19(27)4-5-21(22)23/h4-5,12-16H,1-3,6-11H2,(H2,28,29,32). The summed E-state index contributed by atoms with van der Waals surface area (Å²) in [6, 6.07) is 9.73. The van der Waals surface area contributed by atoms with E-state index in [0.717, 1.165) is 62.1 Å². The van der Waals surface area contributed by atoms with Gasteiger partial charge in [0, 0.05) is 57.4 Å². The van der Waals surface area contributed by atoms with Gasteiger partial charge < -0.3 is 20.4 Å². The maximum absolute atomic E-state index is 13.5. The van der Waals surface area contributed by atoms with E-state index < -0.39 is 0 Å². The molecular formula is C24H27Cl2FN4OS. The molecule has 1 fully saturated rings. The molecule has 2 heterocycles. The first kappa shape index (κ1) is 24.1. The normalized spacial score (nSPS) is 14.9. The second-order valence-electron chi connectivity index (χ2n) is 8.19. The lowest BCUT2D eigenvalue weighted by Gasteiger charge is -2.23. The molecular weight excluding hydrogens is 482 g/mol. The van der Waals surface area contributed by atoms with Crippen LogP contribution >= 0.6 is 34.5 Å². The molecule has 3 aromatic rings. The zero-order chi connectivity index (χ0) is 23.2. The van der Waals surface area contributed by atoms with Crippen molar-refractivity contribution in [1.29, 1.82) is 0 Å². The molecule has 0 bridgehead atoms. The maximum Gasteiger partial charge on any atom is 0.319 e. The third-order valence-corrected chi connectivity index (χ3v) is 7.12. The number of nitrogens with one attached hydrogen (secondary N) is 2. The summed E-state index contributed by atoms with van der Waals surface area (Å²) in [5.74, 6) is -0.182. The number of nitrogens with zero attached hydrogens (tertiary/aromatic N) is 2. The number of hydrogen-bond donors (Lipinski definition) is 2. The van der Waals surface area contributed by atoms with Gasteiger partial charge in [0.05, 0.1) is 5.69 Å². The zero-order valence-corrected chi connectivity index (χ0v) is 20.6. The predicted octanol–water partition coefficient (Wildman–Crippen LogP) is 6.46. The van der Waals surface area contributed by atoms with Gasteiger partial charge in [0.1, 0.15) is 5.82 Å². The van der Waals surface area contributed by atoms with Crippen LogP contribution in [0.3, 0.4) is 0 Å². The van der Waals surface area contributed by atoms with Gasteiger partial charge in [0.15, 0.2) is 0 Å². The van der Waals surface area contributed by atoms with E-state index in [4.69, 9.17) is 23.2 Å². The van der Waals surface area contributed by atoms with Crippen molar-refractivity contribution < 1.29 is 9.18 Å². The number of fused-ring (bicyclic) bond motifs is 1. The zero-order valence-electron chi connectivity index (χ0n) is 18.3. The number of unbranched alkanes of at least 4 members (excludes halogenated alkanes) is 1. The van der Waals surface area contributed by atoms with Crippen LogP contribution in [0.1, 0.15) is 19.3 Å². The van der Waals surface area contributed by atoms with Crippen LogP contribution in [-0.4, -0.2) is 50.2 Å². The molecule has 5 nitrogen and oxygen atoms in total. The first-order valence-electron chi connectivity index (χ1n) is 11.1. The smallest absolute Gasteiger partial charge is 0.319 e. The molecule has 4 rings (SSSR count). The summed E-state index contributed by atoms with van der Waals surface area (Å²) in [6.07, 6.45) is 3.02. The van der Waals surface area contributed by atoms with Crippen molar-refractivity contribution in [1.82, 2.24) is 10.2 Å². The Labute approximate surface area is 207 Å². The number of rotatable bonds is 7. The van der Waals surface area contributed by atoms with Gasteiger partial charge in [0.2, 0.25) is 0 Å². The van der Waals surface area contributed by atoms with E-state index >= 15 is 0 Å². The molecule has 1 aromatic heterocycles. The van der Waals surface area contributed by atoms with Crippen LogP contribution in [0.2, 0.25) is 10.0 Å². The molecule has 0 aliphatic carbocycles. The van der Waals surface area contributed by atoms with Crippen LogP contribution in [0.4, 0.5) is 20.6 Å². The lowest BCUT2D eigenvalue weighted by Crippen LogP contribution is -2.32. The Hall–Kier alpha value is -2.06. The van der Waals surface area contributed by atoms with Gasteiger partial charge in [-0.1, -0.05) is 23.2 Å². The number of hydrogen-bond acceptors (Lipinski definition) is 4. The van der Waals surface area contributed by atoms with Crippen LogP contribution in [0.15, 0.2) is 41.8 Å². The molecule has 2 N–H and O–H groups in total. The van der Waals surface area contributed by atoms with Gasteiger partial charge in [-0.2, -0.15) is 0 Å². The van der Waals surface area contributed by atoms with Gasteiger partial charge in [-0.05, 0) is 68.8 Å². The predicted molar refractivity (Wildman–Crippen MR) is 138 cm³/mol. The molecule has 0 atom stereocenters. The number of halogens is 3. The van der Waals surface area contributed by atoms with E-state index in [0.29, 0.717) is 22.3 Å². The fourth-order valence-electron chi connectivity index (χ4n) is 4.13. The second kappa shape index (κ2) is 11.4. The Morgan fingerprint density at radius 2 is 1.85 bits per heavy atom. The fraction of sp³-hybridized carbons (Fsp3) is 0.375. The fourth-order valence-corrected chi connectivity index (χ4v) is 5.65. The molecule has 33 heavy (non-hydrogen) atoms. The monoisotopic (exact) mass is 508 g/mol. The van der Waals surface area contributed by atoms with Crippen LogP contribution in [-0.2, 0) is 0 Å².